The van der Waals surface area contributed by atoms with Crippen LogP contribution in [-0.2, 0) is 13.0 Å². The average Bonchev–Trinajstić information content (AvgIpc) is 2.64. The summed E-state index contributed by atoms with van der Waals surface area (Å²) in [5.74, 6) is 0.0600. The molecule has 0 spiro atoms. The predicted octanol–water partition coefficient (Wildman–Crippen LogP) is 5.48. The maximum atomic E-state index is 13.3. The van der Waals surface area contributed by atoms with Gasteiger partial charge in [-0.15, -0.1) is 0 Å². The van der Waals surface area contributed by atoms with Gasteiger partial charge in [-0.05, 0) is 41.5 Å². The second-order valence-corrected chi connectivity index (χ2v) is 6.04. The molecule has 3 aromatic carbocycles. The van der Waals surface area contributed by atoms with Gasteiger partial charge in [-0.2, -0.15) is 0 Å². The van der Waals surface area contributed by atoms with Crippen molar-refractivity contribution in [2.45, 2.75) is 13.0 Å². The van der Waals surface area contributed by atoms with E-state index in [0.29, 0.717) is 28.5 Å². The highest BCUT2D eigenvalue weighted by Gasteiger charge is 2.11. The van der Waals surface area contributed by atoms with E-state index in [9.17, 15) is 9.18 Å². The molecule has 0 aliphatic rings. The minimum Gasteiger partial charge on any atom is -0.489 e. The molecule has 0 fully saturated rings. The molecule has 0 aliphatic heterocycles. The zero-order chi connectivity index (χ0) is 17.6. The molecule has 0 N–H and O–H groups in total. The molecular weight excluding hydrogens is 339 g/mol. The van der Waals surface area contributed by atoms with Crippen LogP contribution in [0.1, 0.15) is 21.5 Å². The van der Waals surface area contributed by atoms with E-state index in [1.165, 1.54) is 18.2 Å². The Morgan fingerprint density at radius 2 is 1.76 bits per heavy atom. The normalized spacial score (nSPS) is 10.5. The number of benzene rings is 3. The van der Waals surface area contributed by atoms with Crippen molar-refractivity contribution in [3.8, 4) is 5.75 Å². The van der Waals surface area contributed by atoms with Crippen LogP contribution in [0.5, 0.6) is 5.75 Å². The summed E-state index contributed by atoms with van der Waals surface area (Å²) in [6, 6.07) is 20.8. The van der Waals surface area contributed by atoms with Crippen LogP contribution in [0.3, 0.4) is 0 Å². The summed E-state index contributed by atoms with van der Waals surface area (Å²) in [4.78, 5) is 12.5. The Labute approximate surface area is 150 Å². The van der Waals surface area contributed by atoms with E-state index in [-0.39, 0.29) is 12.2 Å². The molecule has 0 saturated carbocycles. The van der Waals surface area contributed by atoms with Crippen molar-refractivity contribution < 1.29 is 13.9 Å². The Kier molecular flexibility index (Phi) is 5.46. The molecule has 0 unspecified atom stereocenters. The van der Waals surface area contributed by atoms with Gasteiger partial charge in [0.2, 0.25) is 0 Å². The van der Waals surface area contributed by atoms with Gasteiger partial charge in [0.1, 0.15) is 18.2 Å². The first-order valence-corrected chi connectivity index (χ1v) is 8.23. The zero-order valence-corrected chi connectivity index (χ0v) is 14.2. The minimum absolute atomic E-state index is 0.0404. The fraction of sp³-hybridized carbons (Fsp3) is 0.0952. The molecule has 0 aromatic heterocycles. The predicted molar refractivity (Wildman–Crippen MR) is 96.7 cm³/mol. The monoisotopic (exact) mass is 354 g/mol. The lowest BCUT2D eigenvalue weighted by molar-refractivity contribution is 0.0992. The fourth-order valence-corrected chi connectivity index (χ4v) is 2.64. The third-order valence-electron chi connectivity index (χ3n) is 3.76. The molecular formula is C21H16ClFO2. The molecule has 25 heavy (non-hydrogen) atoms. The standard InChI is InChI=1S/C21H16ClFO2/c22-20-10-9-18(23)11-17(20)13-21(24)16-7-4-8-19(12-16)25-14-15-5-2-1-3-6-15/h1-12H,13-14H2. The highest BCUT2D eigenvalue weighted by molar-refractivity contribution is 6.31. The van der Waals surface area contributed by atoms with E-state index >= 15 is 0 Å². The van der Waals surface area contributed by atoms with E-state index in [0.717, 1.165) is 5.56 Å². The van der Waals surface area contributed by atoms with Crippen LogP contribution in [0, 0.1) is 5.82 Å². The van der Waals surface area contributed by atoms with Gasteiger partial charge in [0.15, 0.2) is 5.78 Å². The van der Waals surface area contributed by atoms with Gasteiger partial charge in [0.05, 0.1) is 0 Å². The van der Waals surface area contributed by atoms with E-state index in [2.05, 4.69) is 0 Å². The van der Waals surface area contributed by atoms with Gasteiger partial charge >= 0.3 is 0 Å². The van der Waals surface area contributed by atoms with Crippen LogP contribution in [0.2, 0.25) is 5.02 Å². The summed E-state index contributed by atoms with van der Waals surface area (Å²) in [5, 5.41) is 0.381. The molecule has 3 rings (SSSR count). The highest BCUT2D eigenvalue weighted by atomic mass is 35.5. The van der Waals surface area contributed by atoms with Gasteiger partial charge in [-0.1, -0.05) is 54.1 Å². The highest BCUT2D eigenvalue weighted by Crippen LogP contribution is 2.21. The van der Waals surface area contributed by atoms with Gasteiger partial charge < -0.3 is 4.74 Å². The van der Waals surface area contributed by atoms with Crippen molar-refractivity contribution in [1.29, 1.82) is 0 Å². The molecule has 4 heteroatoms. The summed E-state index contributed by atoms with van der Waals surface area (Å²) in [7, 11) is 0. The van der Waals surface area contributed by atoms with E-state index in [1.807, 2.05) is 30.3 Å². The van der Waals surface area contributed by atoms with Crippen LogP contribution < -0.4 is 4.74 Å². The molecule has 126 valence electrons. The molecule has 0 amide bonds. The topological polar surface area (TPSA) is 26.3 Å². The van der Waals surface area contributed by atoms with Crippen molar-refractivity contribution in [1.82, 2.24) is 0 Å². The summed E-state index contributed by atoms with van der Waals surface area (Å²) in [6.07, 6.45) is 0.0404. The molecule has 0 saturated heterocycles. The Morgan fingerprint density at radius 1 is 0.960 bits per heavy atom. The first-order chi connectivity index (χ1) is 12.1. The van der Waals surface area contributed by atoms with Gasteiger partial charge in [0.25, 0.3) is 0 Å². The van der Waals surface area contributed by atoms with E-state index in [4.69, 9.17) is 16.3 Å². The van der Waals surface area contributed by atoms with Gasteiger partial charge in [0, 0.05) is 17.0 Å². The third kappa shape index (κ3) is 4.68. The van der Waals surface area contributed by atoms with Crippen LogP contribution in [-0.4, -0.2) is 5.78 Å². The lowest BCUT2D eigenvalue weighted by atomic mass is 10.0. The third-order valence-corrected chi connectivity index (χ3v) is 4.13. The first kappa shape index (κ1) is 17.2. The number of carbonyl (C=O) groups is 1. The number of hydrogen-bond donors (Lipinski definition) is 0. The fourth-order valence-electron chi connectivity index (χ4n) is 2.45. The largest absolute Gasteiger partial charge is 0.489 e. The van der Waals surface area contributed by atoms with Gasteiger partial charge in [-0.25, -0.2) is 4.39 Å². The Bertz CT molecular complexity index is 878. The molecule has 0 bridgehead atoms. The molecule has 0 heterocycles. The molecule has 0 radical (unpaired) electrons. The van der Waals surface area contributed by atoms with Crippen LogP contribution in [0.25, 0.3) is 0 Å². The molecule has 3 aromatic rings. The van der Waals surface area contributed by atoms with Crippen molar-refractivity contribution >= 4 is 17.4 Å². The minimum atomic E-state index is -0.410. The Balaban J connectivity index is 1.70. The number of rotatable bonds is 6. The van der Waals surface area contributed by atoms with Crippen molar-refractivity contribution in [2.75, 3.05) is 0 Å². The number of ketones is 1. The van der Waals surface area contributed by atoms with Crippen molar-refractivity contribution in [3.63, 3.8) is 0 Å². The summed E-state index contributed by atoms with van der Waals surface area (Å²) in [5.41, 5.74) is 2.03. The smallest absolute Gasteiger partial charge is 0.167 e. The number of halogens is 2. The SMILES string of the molecule is O=C(Cc1cc(F)ccc1Cl)c1cccc(OCc2ccccc2)c1. The van der Waals surface area contributed by atoms with E-state index in [1.54, 1.807) is 24.3 Å². The summed E-state index contributed by atoms with van der Waals surface area (Å²) < 4.78 is 19.1. The lowest BCUT2D eigenvalue weighted by Crippen LogP contribution is -2.05. The second kappa shape index (κ2) is 7.95. The number of hydrogen-bond acceptors (Lipinski definition) is 2. The summed E-state index contributed by atoms with van der Waals surface area (Å²) >= 11 is 6.03. The maximum Gasteiger partial charge on any atom is 0.167 e. The maximum absolute atomic E-state index is 13.3. The molecule has 2 nitrogen and oxygen atoms in total. The van der Waals surface area contributed by atoms with Crippen molar-refractivity contribution in [3.05, 3.63) is 100 Å². The van der Waals surface area contributed by atoms with Crippen LogP contribution >= 0.6 is 11.6 Å². The number of Topliss-reactive ketones (excluding diaryl/α,β-unsaturated/α-hetero) is 1. The molecule has 0 atom stereocenters. The lowest BCUT2D eigenvalue weighted by Gasteiger charge is -2.08. The average molecular weight is 355 g/mol. The van der Waals surface area contributed by atoms with Gasteiger partial charge in [-0.3, -0.25) is 4.79 Å². The van der Waals surface area contributed by atoms with Crippen molar-refractivity contribution in [2.24, 2.45) is 0 Å². The van der Waals surface area contributed by atoms with Crippen LogP contribution in [0.15, 0.2) is 72.8 Å². The Hall–Kier alpha value is -2.65. The van der Waals surface area contributed by atoms with Crippen LogP contribution in [0.4, 0.5) is 4.39 Å². The quantitative estimate of drug-likeness (QED) is 0.547. The first-order valence-electron chi connectivity index (χ1n) is 7.86. The summed E-state index contributed by atoms with van der Waals surface area (Å²) in [6.45, 7) is 0.425. The second-order valence-electron chi connectivity index (χ2n) is 5.64. The number of carbonyl (C=O) groups excluding carboxylic acids is 1. The zero-order valence-electron chi connectivity index (χ0n) is 13.4. The molecule has 0 aliphatic carbocycles. The van der Waals surface area contributed by atoms with E-state index < -0.39 is 5.82 Å². The number of ether oxygens (including phenoxy) is 1. The Morgan fingerprint density at radius 3 is 2.56 bits per heavy atom.